The fraction of sp³-hybridized carbons (Fsp3) is 0.429. The molecule has 0 N–H and O–H groups in total. The topological polar surface area (TPSA) is 86.3 Å². The van der Waals surface area contributed by atoms with Crippen LogP contribution in [0.4, 0.5) is 26.3 Å². The van der Waals surface area contributed by atoms with Crippen LogP contribution in [0.25, 0.3) is 0 Å². The smallest absolute Gasteiger partial charge is 0.259 e. The highest BCUT2D eigenvalue weighted by Gasteiger charge is 2.66. The number of thioether (sulfide) groups is 1. The molecule has 6 nitrogen and oxygen atoms in total. The van der Waals surface area contributed by atoms with Gasteiger partial charge in [-0.1, -0.05) is 24.3 Å². The van der Waals surface area contributed by atoms with Gasteiger partial charge in [-0.15, -0.1) is 11.8 Å². The molecule has 2 aliphatic rings. The van der Waals surface area contributed by atoms with Crippen molar-refractivity contribution in [1.29, 1.82) is 0 Å². The number of allylic oxidation sites excluding steroid dienone is 6. The van der Waals surface area contributed by atoms with Crippen molar-refractivity contribution in [2.24, 2.45) is 0 Å². The van der Waals surface area contributed by atoms with Crippen LogP contribution in [-0.4, -0.2) is 31.7 Å². The molecular formula is C14H10F6N2O4S. The van der Waals surface area contributed by atoms with Gasteiger partial charge in [0, 0.05) is 12.2 Å². The molecule has 2 rings (SSSR count). The Balaban J connectivity index is 2.55. The molecule has 0 aliphatic heterocycles. The Hall–Kier alpha value is -2.31. The van der Waals surface area contributed by atoms with Crippen LogP contribution in [0, 0.1) is 20.2 Å². The first-order valence-corrected chi connectivity index (χ1v) is 7.94. The van der Waals surface area contributed by atoms with Crippen LogP contribution < -0.4 is 0 Å². The fourth-order valence-corrected chi connectivity index (χ4v) is 4.24. The monoisotopic (exact) mass is 416 g/mol. The Morgan fingerprint density at radius 1 is 0.815 bits per heavy atom. The van der Waals surface area contributed by atoms with Gasteiger partial charge in [0.2, 0.25) is 11.4 Å². The highest BCUT2D eigenvalue weighted by atomic mass is 32.2. The van der Waals surface area contributed by atoms with Crippen LogP contribution in [0.3, 0.4) is 0 Å². The molecular weight excluding hydrogens is 406 g/mol. The third-order valence-electron chi connectivity index (χ3n) is 3.99. The van der Waals surface area contributed by atoms with E-state index >= 15 is 0 Å². The van der Waals surface area contributed by atoms with Crippen LogP contribution in [0.2, 0.25) is 0 Å². The van der Waals surface area contributed by atoms with E-state index in [0.717, 1.165) is 12.2 Å². The van der Waals surface area contributed by atoms with Crippen LogP contribution >= 0.6 is 11.8 Å². The van der Waals surface area contributed by atoms with Crippen molar-refractivity contribution < 1.29 is 36.2 Å². The van der Waals surface area contributed by atoms with Gasteiger partial charge in [-0.3, -0.25) is 20.2 Å². The maximum atomic E-state index is 13.7. The quantitative estimate of drug-likeness (QED) is 0.381. The van der Waals surface area contributed by atoms with Gasteiger partial charge in [0.1, 0.15) is 9.49 Å². The molecule has 27 heavy (non-hydrogen) atoms. The van der Waals surface area contributed by atoms with Gasteiger partial charge < -0.3 is 0 Å². The van der Waals surface area contributed by atoms with Crippen LogP contribution in [0.5, 0.6) is 0 Å². The third kappa shape index (κ3) is 3.87. The molecule has 2 atom stereocenters. The van der Waals surface area contributed by atoms with E-state index in [-0.39, 0.29) is 0 Å². The summed E-state index contributed by atoms with van der Waals surface area (Å²) < 4.78 is 75.9. The van der Waals surface area contributed by atoms with Gasteiger partial charge in [0.05, 0.1) is 22.7 Å². The predicted octanol–water partition coefficient (Wildman–Crippen LogP) is 4.56. The Kier molecular flexibility index (Phi) is 5.20. The molecule has 0 bridgehead atoms. The van der Waals surface area contributed by atoms with Crippen molar-refractivity contribution >= 4 is 11.8 Å². The molecule has 148 valence electrons. The van der Waals surface area contributed by atoms with E-state index in [0.29, 0.717) is 24.3 Å². The van der Waals surface area contributed by atoms with Gasteiger partial charge in [0.25, 0.3) is 0 Å². The number of hydrogen-bond donors (Lipinski definition) is 0. The molecule has 0 fully saturated rings. The second-order valence-corrected chi connectivity index (χ2v) is 7.44. The molecule has 0 amide bonds. The SMILES string of the molecule is O=[N+]([O-])C1=CC=CC(SC2(C(F)(F)F)C=CC=C([N+](=O)[O-])C2)(C(F)(F)F)C1. The summed E-state index contributed by atoms with van der Waals surface area (Å²) in [6, 6.07) is 0. The Morgan fingerprint density at radius 2 is 1.15 bits per heavy atom. The van der Waals surface area contributed by atoms with Crippen LogP contribution in [0.15, 0.2) is 47.9 Å². The van der Waals surface area contributed by atoms with Gasteiger partial charge in [-0.05, 0) is 0 Å². The van der Waals surface area contributed by atoms with Crippen LogP contribution in [-0.2, 0) is 0 Å². The van der Waals surface area contributed by atoms with E-state index in [4.69, 9.17) is 0 Å². The average molecular weight is 416 g/mol. The van der Waals surface area contributed by atoms with Crippen molar-refractivity contribution in [2.45, 2.75) is 34.7 Å². The molecule has 0 aromatic heterocycles. The van der Waals surface area contributed by atoms with E-state index in [9.17, 15) is 46.6 Å². The number of nitro groups is 2. The zero-order valence-corrected chi connectivity index (χ0v) is 13.9. The molecule has 0 aromatic carbocycles. The van der Waals surface area contributed by atoms with Crippen molar-refractivity contribution in [2.75, 3.05) is 0 Å². The number of halogens is 6. The second kappa shape index (κ2) is 6.69. The van der Waals surface area contributed by atoms with E-state index in [1.54, 1.807) is 0 Å². The molecule has 0 saturated heterocycles. The first-order chi connectivity index (χ1) is 12.2. The van der Waals surface area contributed by atoms with E-state index in [2.05, 4.69) is 0 Å². The first kappa shape index (κ1) is 21.0. The van der Waals surface area contributed by atoms with E-state index in [1.807, 2.05) is 0 Å². The van der Waals surface area contributed by atoms with Gasteiger partial charge >= 0.3 is 12.4 Å². The lowest BCUT2D eigenvalue weighted by molar-refractivity contribution is -0.430. The van der Waals surface area contributed by atoms with Gasteiger partial charge in [0.15, 0.2) is 0 Å². The summed E-state index contributed by atoms with van der Waals surface area (Å²) in [7, 11) is 0. The zero-order chi connectivity index (χ0) is 20.7. The number of rotatable bonds is 4. The molecule has 0 heterocycles. The van der Waals surface area contributed by atoms with Gasteiger partial charge in [-0.25, -0.2) is 0 Å². The normalized spacial score (nSPS) is 28.5. The lowest BCUT2D eigenvalue weighted by atomic mass is 9.95. The standard InChI is InChI=1S/C14H10F6N2O4S/c15-13(16,17)11(5-1-3-9(7-11)21(23)24)27-12(14(18,19)20)6-2-4-10(8-12)22(25)26/h1-6H,7-8H2. The highest BCUT2D eigenvalue weighted by Crippen LogP contribution is 2.59. The maximum Gasteiger partial charge on any atom is 0.407 e. The molecule has 0 radical (unpaired) electrons. The molecule has 0 spiro atoms. The lowest BCUT2D eigenvalue weighted by Crippen LogP contribution is -2.51. The third-order valence-corrected chi connectivity index (χ3v) is 5.74. The molecule has 0 saturated carbocycles. The zero-order valence-electron chi connectivity index (χ0n) is 13.1. The molecule has 2 aliphatic carbocycles. The summed E-state index contributed by atoms with van der Waals surface area (Å²) in [5, 5.41) is 21.7. The minimum absolute atomic E-state index is 0.413. The number of nitrogens with zero attached hydrogens (tertiary/aromatic N) is 2. The minimum atomic E-state index is -5.29. The Labute approximate surface area is 151 Å². The van der Waals surface area contributed by atoms with Crippen molar-refractivity contribution in [3.05, 3.63) is 68.1 Å². The minimum Gasteiger partial charge on any atom is -0.259 e. The summed E-state index contributed by atoms with van der Waals surface area (Å²) in [6.45, 7) is 0. The number of alkyl halides is 6. The van der Waals surface area contributed by atoms with Crippen molar-refractivity contribution in [1.82, 2.24) is 0 Å². The summed E-state index contributed by atoms with van der Waals surface area (Å²) in [6.07, 6.45) is -9.55. The summed E-state index contributed by atoms with van der Waals surface area (Å²) in [5.41, 5.74) is -1.83. The summed E-state index contributed by atoms with van der Waals surface area (Å²) >= 11 is -0.622. The molecule has 2 unspecified atom stereocenters. The van der Waals surface area contributed by atoms with Crippen molar-refractivity contribution in [3.8, 4) is 0 Å². The maximum absolute atomic E-state index is 13.7. The lowest BCUT2D eigenvalue weighted by Gasteiger charge is -2.42. The van der Waals surface area contributed by atoms with Crippen LogP contribution in [0.1, 0.15) is 12.8 Å². The Morgan fingerprint density at radius 3 is 1.41 bits per heavy atom. The average Bonchev–Trinajstić information content (AvgIpc) is 2.53. The largest absolute Gasteiger partial charge is 0.407 e. The van der Waals surface area contributed by atoms with Crippen molar-refractivity contribution in [3.63, 3.8) is 0 Å². The van der Waals surface area contributed by atoms with E-state index < -0.39 is 67.7 Å². The Bertz CT molecular complexity index is 721. The summed E-state index contributed by atoms with van der Waals surface area (Å²) in [4.78, 5) is 19.5. The van der Waals surface area contributed by atoms with E-state index in [1.165, 1.54) is 0 Å². The first-order valence-electron chi connectivity index (χ1n) is 7.12. The molecule has 0 aromatic rings. The van der Waals surface area contributed by atoms with Gasteiger partial charge in [-0.2, -0.15) is 26.3 Å². The second-order valence-electron chi connectivity index (χ2n) is 5.78. The fourth-order valence-electron chi connectivity index (χ4n) is 2.62. The summed E-state index contributed by atoms with van der Waals surface area (Å²) in [5.74, 6) is 0. The highest BCUT2D eigenvalue weighted by molar-refractivity contribution is 8.02. The molecule has 13 heteroatoms. The number of hydrogen-bond acceptors (Lipinski definition) is 5. The predicted molar refractivity (Wildman–Crippen MR) is 82.8 cm³/mol.